The van der Waals surface area contributed by atoms with Crippen LogP contribution in [0.15, 0.2) is 24.3 Å². The van der Waals surface area contributed by atoms with Crippen LogP contribution in [0, 0.1) is 0 Å². The van der Waals surface area contributed by atoms with Crippen LogP contribution in [0.2, 0.25) is 5.02 Å². The van der Waals surface area contributed by atoms with Gasteiger partial charge in [-0.05, 0) is 31.0 Å². The number of rotatable bonds is 3. The summed E-state index contributed by atoms with van der Waals surface area (Å²) in [6, 6.07) is 8.23. The summed E-state index contributed by atoms with van der Waals surface area (Å²) in [5.74, 6) is 0.471. The van der Waals surface area contributed by atoms with Crippen LogP contribution in [0.25, 0.3) is 10.9 Å². The van der Waals surface area contributed by atoms with Crippen molar-refractivity contribution in [2.45, 2.75) is 19.3 Å². The molecule has 0 saturated heterocycles. The van der Waals surface area contributed by atoms with E-state index in [0.29, 0.717) is 5.92 Å². The van der Waals surface area contributed by atoms with E-state index in [1.54, 1.807) is 0 Å². The lowest BCUT2D eigenvalue weighted by Crippen LogP contribution is -2.07. The molecule has 0 bridgehead atoms. The molecule has 0 aliphatic heterocycles. The molecule has 1 heterocycles. The van der Waals surface area contributed by atoms with Gasteiger partial charge in [-0.2, -0.15) is 0 Å². The lowest BCUT2D eigenvalue weighted by Gasteiger charge is -2.12. The van der Waals surface area contributed by atoms with Crippen molar-refractivity contribution < 1.29 is 0 Å². The molecule has 2 aromatic rings. The van der Waals surface area contributed by atoms with Gasteiger partial charge in [-0.3, -0.25) is 0 Å². The number of nitrogens with two attached hydrogens (primary N) is 1. The average molecular weight is 237 g/mol. The van der Waals surface area contributed by atoms with Gasteiger partial charge in [-0.1, -0.05) is 30.7 Å². The van der Waals surface area contributed by atoms with Crippen LogP contribution in [0.3, 0.4) is 0 Å². The van der Waals surface area contributed by atoms with E-state index in [4.69, 9.17) is 17.3 Å². The zero-order valence-corrected chi connectivity index (χ0v) is 10.5. The third-order valence-corrected chi connectivity index (χ3v) is 3.45. The predicted octanol–water partition coefficient (Wildman–Crippen LogP) is 3.28. The van der Waals surface area contributed by atoms with Crippen LogP contribution in [-0.2, 0) is 7.05 Å². The van der Waals surface area contributed by atoms with Crippen LogP contribution in [-0.4, -0.2) is 11.1 Å². The first-order valence-corrected chi connectivity index (χ1v) is 5.97. The van der Waals surface area contributed by atoms with Crippen molar-refractivity contribution in [1.29, 1.82) is 0 Å². The molecule has 0 aliphatic carbocycles. The summed E-state index contributed by atoms with van der Waals surface area (Å²) in [6.45, 7) is 2.92. The Labute approximate surface area is 101 Å². The summed E-state index contributed by atoms with van der Waals surface area (Å²) >= 11 is 6.21. The Morgan fingerprint density at radius 1 is 1.44 bits per heavy atom. The van der Waals surface area contributed by atoms with Crippen molar-refractivity contribution >= 4 is 22.5 Å². The number of nitrogens with zero attached hydrogens (tertiary/aromatic N) is 1. The first-order valence-electron chi connectivity index (χ1n) is 5.59. The second-order valence-electron chi connectivity index (χ2n) is 4.28. The van der Waals surface area contributed by atoms with Gasteiger partial charge < -0.3 is 10.3 Å². The first kappa shape index (κ1) is 11.5. The number of aromatic nitrogens is 1. The SMILES string of the molecule is CC(CCN)c1cc2cccc(Cl)c2n1C. The number of aryl methyl sites for hydroxylation is 1. The maximum Gasteiger partial charge on any atom is 0.0669 e. The molecule has 86 valence electrons. The third-order valence-electron chi connectivity index (χ3n) is 3.15. The van der Waals surface area contributed by atoms with Crippen LogP contribution < -0.4 is 5.73 Å². The molecular formula is C13H17ClN2. The van der Waals surface area contributed by atoms with Crippen LogP contribution >= 0.6 is 11.6 Å². The molecule has 2 nitrogen and oxygen atoms in total. The minimum absolute atomic E-state index is 0.471. The normalized spacial score (nSPS) is 13.2. The maximum atomic E-state index is 6.21. The van der Waals surface area contributed by atoms with Gasteiger partial charge in [0.15, 0.2) is 0 Å². The topological polar surface area (TPSA) is 30.9 Å². The third kappa shape index (κ3) is 1.83. The Kier molecular flexibility index (Phi) is 3.22. The van der Waals surface area contributed by atoms with Gasteiger partial charge in [-0.25, -0.2) is 0 Å². The average Bonchev–Trinajstić information content (AvgIpc) is 2.58. The van der Waals surface area contributed by atoms with E-state index in [0.717, 1.165) is 23.5 Å². The Hall–Kier alpha value is -0.990. The highest BCUT2D eigenvalue weighted by Crippen LogP contribution is 2.30. The molecule has 2 N–H and O–H groups in total. The largest absolute Gasteiger partial charge is 0.346 e. The van der Waals surface area contributed by atoms with E-state index in [1.165, 1.54) is 11.1 Å². The fourth-order valence-corrected chi connectivity index (χ4v) is 2.57. The molecule has 1 atom stereocenters. The Bertz CT molecular complexity index is 502. The molecule has 1 aromatic heterocycles. The molecule has 0 radical (unpaired) electrons. The van der Waals surface area contributed by atoms with Crippen molar-refractivity contribution in [1.82, 2.24) is 4.57 Å². The number of halogens is 1. The molecule has 0 aliphatic rings. The van der Waals surface area contributed by atoms with Crippen LogP contribution in [0.1, 0.15) is 25.0 Å². The van der Waals surface area contributed by atoms with E-state index >= 15 is 0 Å². The molecule has 0 spiro atoms. The second kappa shape index (κ2) is 4.48. The number of benzene rings is 1. The zero-order chi connectivity index (χ0) is 11.7. The van der Waals surface area contributed by atoms with Crippen molar-refractivity contribution in [2.75, 3.05) is 6.54 Å². The molecule has 3 heteroatoms. The van der Waals surface area contributed by atoms with Crippen LogP contribution in [0.4, 0.5) is 0 Å². The summed E-state index contributed by atoms with van der Waals surface area (Å²) < 4.78 is 2.18. The highest BCUT2D eigenvalue weighted by molar-refractivity contribution is 6.35. The summed E-state index contributed by atoms with van der Waals surface area (Å²) in [6.07, 6.45) is 1.00. The molecule has 1 aromatic carbocycles. The summed E-state index contributed by atoms with van der Waals surface area (Å²) in [5, 5.41) is 2.01. The van der Waals surface area contributed by atoms with Crippen molar-refractivity contribution in [3.8, 4) is 0 Å². The fourth-order valence-electron chi connectivity index (χ4n) is 2.26. The minimum Gasteiger partial charge on any atom is -0.346 e. The maximum absolute atomic E-state index is 6.21. The van der Waals surface area contributed by atoms with Crippen LogP contribution in [0.5, 0.6) is 0 Å². The van der Waals surface area contributed by atoms with E-state index in [2.05, 4.69) is 30.7 Å². The van der Waals surface area contributed by atoms with Crippen molar-refractivity contribution in [3.63, 3.8) is 0 Å². The molecule has 0 amide bonds. The van der Waals surface area contributed by atoms with Gasteiger partial charge in [-0.15, -0.1) is 0 Å². The first-order chi connectivity index (χ1) is 7.65. The van der Waals surface area contributed by atoms with E-state index in [9.17, 15) is 0 Å². The highest BCUT2D eigenvalue weighted by Gasteiger charge is 2.13. The standard InChI is InChI=1S/C13H17ClN2/c1-9(6-7-15)12-8-10-4-3-5-11(14)13(10)16(12)2/h3-5,8-9H,6-7,15H2,1-2H3. The summed E-state index contributed by atoms with van der Waals surface area (Å²) in [4.78, 5) is 0. The minimum atomic E-state index is 0.471. The molecule has 2 rings (SSSR count). The fraction of sp³-hybridized carbons (Fsp3) is 0.385. The number of hydrogen-bond acceptors (Lipinski definition) is 1. The Morgan fingerprint density at radius 3 is 2.81 bits per heavy atom. The quantitative estimate of drug-likeness (QED) is 0.871. The van der Waals surface area contributed by atoms with E-state index in [1.807, 2.05) is 12.1 Å². The molecule has 1 unspecified atom stereocenters. The number of hydrogen-bond donors (Lipinski definition) is 1. The Morgan fingerprint density at radius 2 is 2.19 bits per heavy atom. The predicted molar refractivity (Wildman–Crippen MR) is 70.0 cm³/mol. The Balaban J connectivity index is 2.56. The van der Waals surface area contributed by atoms with Gasteiger partial charge in [0.05, 0.1) is 10.5 Å². The van der Waals surface area contributed by atoms with Gasteiger partial charge in [0.1, 0.15) is 0 Å². The van der Waals surface area contributed by atoms with E-state index < -0.39 is 0 Å². The zero-order valence-electron chi connectivity index (χ0n) is 9.70. The second-order valence-corrected chi connectivity index (χ2v) is 4.69. The summed E-state index contributed by atoms with van der Waals surface area (Å²) in [5.41, 5.74) is 8.02. The highest BCUT2D eigenvalue weighted by atomic mass is 35.5. The smallest absolute Gasteiger partial charge is 0.0669 e. The number of para-hydroxylation sites is 1. The van der Waals surface area contributed by atoms with E-state index in [-0.39, 0.29) is 0 Å². The molecule has 16 heavy (non-hydrogen) atoms. The number of fused-ring (bicyclic) bond motifs is 1. The van der Waals surface area contributed by atoms with Crippen molar-refractivity contribution in [2.24, 2.45) is 12.8 Å². The van der Waals surface area contributed by atoms with Crippen molar-refractivity contribution in [3.05, 3.63) is 35.0 Å². The lowest BCUT2D eigenvalue weighted by molar-refractivity contribution is 0.644. The van der Waals surface area contributed by atoms with Gasteiger partial charge in [0.25, 0.3) is 0 Å². The van der Waals surface area contributed by atoms with Gasteiger partial charge >= 0.3 is 0 Å². The van der Waals surface area contributed by atoms with Gasteiger partial charge in [0, 0.05) is 18.1 Å². The van der Waals surface area contributed by atoms with Gasteiger partial charge in [0.2, 0.25) is 0 Å². The lowest BCUT2D eigenvalue weighted by atomic mass is 10.0. The summed E-state index contributed by atoms with van der Waals surface area (Å²) in [7, 11) is 2.07. The molecular weight excluding hydrogens is 220 g/mol. The molecule has 0 saturated carbocycles. The monoisotopic (exact) mass is 236 g/mol. The molecule has 0 fully saturated rings.